The Kier molecular flexibility index (Phi) is 11.7. The van der Waals surface area contributed by atoms with Gasteiger partial charge in [-0.15, -0.1) is 0 Å². The molecule has 1 aliphatic heterocycles. The fourth-order valence-corrected chi connectivity index (χ4v) is 4.21. The van der Waals surface area contributed by atoms with Gasteiger partial charge in [0, 0.05) is 6.04 Å². The molecule has 0 aliphatic carbocycles. The van der Waals surface area contributed by atoms with Crippen molar-refractivity contribution in [1.29, 1.82) is 0 Å². The van der Waals surface area contributed by atoms with Gasteiger partial charge in [-0.2, -0.15) is 0 Å². The Morgan fingerprint density at radius 1 is 0.778 bits per heavy atom. The van der Waals surface area contributed by atoms with Crippen LogP contribution in [0.3, 0.4) is 0 Å². The van der Waals surface area contributed by atoms with Crippen molar-refractivity contribution < 1.29 is 9.59 Å². The molecule has 0 bridgehead atoms. The summed E-state index contributed by atoms with van der Waals surface area (Å²) >= 11 is 0. The van der Waals surface area contributed by atoms with E-state index in [-0.39, 0.29) is 18.0 Å². The maximum atomic E-state index is 12.1. The van der Waals surface area contributed by atoms with Gasteiger partial charge in [-0.05, 0) is 26.7 Å². The molecule has 0 spiro atoms. The first-order valence-electron chi connectivity index (χ1n) is 11.6. The number of carbonyl (C=O) groups is 2. The van der Waals surface area contributed by atoms with E-state index < -0.39 is 5.54 Å². The second-order valence-corrected chi connectivity index (χ2v) is 8.78. The average Bonchev–Trinajstić information content (AvgIpc) is 2.83. The predicted octanol–water partition coefficient (Wildman–Crippen LogP) is 6.58. The van der Waals surface area contributed by atoms with Crippen molar-refractivity contribution in [3.63, 3.8) is 0 Å². The van der Waals surface area contributed by atoms with Crippen LogP contribution in [0, 0.1) is 0 Å². The Morgan fingerprint density at radius 3 is 1.59 bits per heavy atom. The number of imide groups is 1. The van der Waals surface area contributed by atoms with Gasteiger partial charge in [0.1, 0.15) is 5.54 Å². The molecule has 1 unspecified atom stereocenters. The summed E-state index contributed by atoms with van der Waals surface area (Å²) in [6.45, 7) is 8.08. The van der Waals surface area contributed by atoms with E-state index in [9.17, 15) is 9.59 Å². The van der Waals surface area contributed by atoms with Crippen LogP contribution in [0.2, 0.25) is 0 Å². The molecule has 1 aliphatic rings. The van der Waals surface area contributed by atoms with Crippen LogP contribution in [0.4, 0.5) is 4.79 Å². The van der Waals surface area contributed by atoms with Crippen molar-refractivity contribution >= 4 is 11.9 Å². The Balaban J connectivity index is 2.05. The SMILES string of the molecule is CCCCCCCCCCCCCCCC(CC)N1C(=O)NC(=O)C1(C)C. The minimum Gasteiger partial charge on any atom is -0.307 e. The second kappa shape index (κ2) is 13.2. The maximum Gasteiger partial charge on any atom is 0.325 e. The molecule has 1 atom stereocenters. The third-order valence-electron chi connectivity index (χ3n) is 6.07. The van der Waals surface area contributed by atoms with E-state index in [4.69, 9.17) is 0 Å². The van der Waals surface area contributed by atoms with Crippen LogP contribution in [0.5, 0.6) is 0 Å². The van der Waals surface area contributed by atoms with E-state index in [0.717, 1.165) is 19.3 Å². The number of rotatable bonds is 16. The van der Waals surface area contributed by atoms with Crippen LogP contribution in [-0.4, -0.2) is 28.4 Å². The van der Waals surface area contributed by atoms with E-state index in [1.807, 2.05) is 13.8 Å². The summed E-state index contributed by atoms with van der Waals surface area (Å²) in [6, 6.07) is -0.0503. The smallest absolute Gasteiger partial charge is 0.307 e. The molecule has 1 saturated heterocycles. The predicted molar refractivity (Wildman–Crippen MR) is 114 cm³/mol. The first-order valence-corrected chi connectivity index (χ1v) is 11.6. The Labute approximate surface area is 167 Å². The molecule has 3 amide bonds. The molecule has 4 nitrogen and oxygen atoms in total. The van der Waals surface area contributed by atoms with E-state index in [1.165, 1.54) is 77.0 Å². The molecule has 0 aromatic heterocycles. The highest BCUT2D eigenvalue weighted by Gasteiger charge is 2.47. The van der Waals surface area contributed by atoms with Crippen molar-refractivity contribution in [2.24, 2.45) is 0 Å². The molecule has 0 saturated carbocycles. The van der Waals surface area contributed by atoms with Crippen molar-refractivity contribution in [3.05, 3.63) is 0 Å². The average molecular weight is 381 g/mol. The molecule has 1 fully saturated rings. The van der Waals surface area contributed by atoms with E-state index in [1.54, 1.807) is 4.90 Å². The summed E-state index contributed by atoms with van der Waals surface area (Å²) in [5.41, 5.74) is -0.714. The molecule has 1 rings (SSSR count). The zero-order valence-electron chi connectivity index (χ0n) is 18.4. The minimum absolute atomic E-state index is 0.166. The number of hydrogen-bond acceptors (Lipinski definition) is 2. The van der Waals surface area contributed by atoms with E-state index >= 15 is 0 Å². The number of nitrogens with zero attached hydrogens (tertiary/aromatic N) is 1. The maximum absolute atomic E-state index is 12.1. The lowest BCUT2D eigenvalue weighted by Gasteiger charge is -2.35. The minimum atomic E-state index is -0.714. The Hall–Kier alpha value is -1.06. The summed E-state index contributed by atoms with van der Waals surface area (Å²) in [4.78, 5) is 25.9. The third-order valence-corrected chi connectivity index (χ3v) is 6.07. The van der Waals surface area contributed by atoms with Crippen molar-refractivity contribution in [3.8, 4) is 0 Å². The third kappa shape index (κ3) is 8.23. The van der Waals surface area contributed by atoms with Gasteiger partial charge in [0.15, 0.2) is 0 Å². The number of unbranched alkanes of at least 4 members (excludes halogenated alkanes) is 12. The van der Waals surface area contributed by atoms with Gasteiger partial charge in [-0.3, -0.25) is 10.1 Å². The monoisotopic (exact) mass is 380 g/mol. The van der Waals surface area contributed by atoms with Crippen LogP contribution >= 0.6 is 0 Å². The van der Waals surface area contributed by atoms with Crippen LogP contribution in [0.25, 0.3) is 0 Å². The highest BCUT2D eigenvalue weighted by Crippen LogP contribution is 2.27. The first-order chi connectivity index (χ1) is 12.9. The van der Waals surface area contributed by atoms with Crippen molar-refractivity contribution in [2.75, 3.05) is 0 Å². The van der Waals surface area contributed by atoms with Gasteiger partial charge >= 0.3 is 6.03 Å². The molecule has 4 heteroatoms. The van der Waals surface area contributed by atoms with Gasteiger partial charge in [-0.25, -0.2) is 4.79 Å². The molecule has 1 heterocycles. The molecule has 0 aromatic rings. The van der Waals surface area contributed by atoms with Crippen molar-refractivity contribution in [1.82, 2.24) is 10.2 Å². The van der Waals surface area contributed by atoms with E-state index in [2.05, 4.69) is 19.2 Å². The largest absolute Gasteiger partial charge is 0.325 e. The molecule has 158 valence electrons. The number of amides is 3. The van der Waals surface area contributed by atoms with Crippen LogP contribution in [0.15, 0.2) is 0 Å². The topological polar surface area (TPSA) is 49.4 Å². The Bertz CT molecular complexity index is 434. The van der Waals surface area contributed by atoms with Crippen LogP contribution in [-0.2, 0) is 4.79 Å². The standard InChI is InChI=1S/C23H44N2O2/c1-5-7-8-9-10-11-12-13-14-15-16-17-18-19-20(6-2)25-22(27)24-21(26)23(25,3)4/h20H,5-19H2,1-4H3,(H,24,26,27). The van der Waals surface area contributed by atoms with Gasteiger partial charge < -0.3 is 4.90 Å². The molecule has 0 aromatic carbocycles. The summed E-state index contributed by atoms with van der Waals surface area (Å²) < 4.78 is 0. The fourth-order valence-electron chi connectivity index (χ4n) is 4.21. The number of urea groups is 1. The van der Waals surface area contributed by atoms with Gasteiger partial charge in [0.25, 0.3) is 5.91 Å². The zero-order valence-corrected chi connectivity index (χ0v) is 18.4. The Morgan fingerprint density at radius 2 is 1.22 bits per heavy atom. The molecular weight excluding hydrogens is 336 g/mol. The van der Waals surface area contributed by atoms with Crippen molar-refractivity contribution in [2.45, 2.75) is 136 Å². The van der Waals surface area contributed by atoms with Crippen LogP contribution in [0.1, 0.15) is 124 Å². The molecule has 1 N–H and O–H groups in total. The second-order valence-electron chi connectivity index (χ2n) is 8.78. The van der Waals surface area contributed by atoms with Gasteiger partial charge in [0.05, 0.1) is 0 Å². The van der Waals surface area contributed by atoms with E-state index in [0.29, 0.717) is 0 Å². The van der Waals surface area contributed by atoms with Gasteiger partial charge in [-0.1, -0.05) is 97.3 Å². The summed E-state index contributed by atoms with van der Waals surface area (Å²) in [5.74, 6) is -0.170. The molecular formula is C23H44N2O2. The number of nitrogens with one attached hydrogen (secondary N) is 1. The highest BCUT2D eigenvalue weighted by molar-refractivity contribution is 6.06. The summed E-state index contributed by atoms with van der Waals surface area (Å²) in [7, 11) is 0. The normalized spacial score (nSPS) is 17.4. The highest BCUT2D eigenvalue weighted by atomic mass is 16.2. The molecule has 0 radical (unpaired) electrons. The van der Waals surface area contributed by atoms with Crippen LogP contribution < -0.4 is 5.32 Å². The summed E-state index contributed by atoms with van der Waals surface area (Å²) in [5, 5.41) is 2.47. The quantitative estimate of drug-likeness (QED) is 0.243. The lowest BCUT2D eigenvalue weighted by Crippen LogP contribution is -2.49. The fraction of sp³-hybridized carbons (Fsp3) is 0.913. The molecule has 27 heavy (non-hydrogen) atoms. The number of carbonyl (C=O) groups excluding carboxylic acids is 2. The lowest BCUT2D eigenvalue weighted by atomic mass is 9.97. The first kappa shape index (κ1) is 24.0. The lowest BCUT2D eigenvalue weighted by molar-refractivity contribution is -0.125. The number of hydrogen-bond donors (Lipinski definition) is 1. The van der Waals surface area contributed by atoms with Gasteiger partial charge in [0.2, 0.25) is 0 Å². The zero-order chi connectivity index (χ0) is 20.1. The summed E-state index contributed by atoms with van der Waals surface area (Å²) in [6.07, 6.45) is 19.5.